The molecule has 0 N–H and O–H groups in total. The molecule has 1 aliphatic heterocycles. The summed E-state index contributed by atoms with van der Waals surface area (Å²) in [4.78, 5) is 14.4. The second-order valence-electron chi connectivity index (χ2n) is 5.17. The van der Waals surface area contributed by atoms with Gasteiger partial charge in [0.2, 0.25) is 0 Å². The highest BCUT2D eigenvalue weighted by Gasteiger charge is 2.35. The zero-order chi connectivity index (χ0) is 15.0. The van der Waals surface area contributed by atoms with Crippen LogP contribution in [-0.4, -0.2) is 46.1 Å². The molecule has 112 valence electrons. The van der Waals surface area contributed by atoms with Crippen LogP contribution in [0.25, 0.3) is 0 Å². The highest BCUT2D eigenvalue weighted by atomic mass is 16.5. The Morgan fingerprint density at radius 1 is 1.52 bits per heavy atom. The van der Waals surface area contributed by atoms with Crippen molar-refractivity contribution in [3.8, 4) is 0 Å². The fourth-order valence-corrected chi connectivity index (χ4v) is 2.73. The van der Waals surface area contributed by atoms with Gasteiger partial charge >= 0.3 is 0 Å². The number of ether oxygens (including phenoxy) is 1. The fourth-order valence-electron chi connectivity index (χ4n) is 2.73. The van der Waals surface area contributed by atoms with Gasteiger partial charge < -0.3 is 14.1 Å². The molecule has 0 bridgehead atoms. The van der Waals surface area contributed by atoms with Gasteiger partial charge in [0, 0.05) is 27.1 Å². The zero-order valence-corrected chi connectivity index (χ0v) is 12.4. The normalized spacial score (nSPS) is 17.9. The number of hydrogen-bond acceptors (Lipinski definition) is 5. The van der Waals surface area contributed by atoms with Crippen molar-refractivity contribution in [1.29, 1.82) is 0 Å². The lowest BCUT2D eigenvalue weighted by Crippen LogP contribution is -2.42. The Labute approximate surface area is 122 Å². The number of carbonyl (C=O) groups excluding carboxylic acids is 1. The molecule has 7 nitrogen and oxygen atoms in total. The SMILES string of the molecule is COC[C@H]1c2nnn(C)c2CCN1C(=O)c1ccc(C)o1. The van der Waals surface area contributed by atoms with Crippen LogP contribution >= 0.6 is 0 Å². The molecule has 2 aromatic rings. The topological polar surface area (TPSA) is 73.4 Å². The number of hydrogen-bond donors (Lipinski definition) is 0. The van der Waals surface area contributed by atoms with Gasteiger partial charge in [-0.15, -0.1) is 5.10 Å². The summed E-state index contributed by atoms with van der Waals surface area (Å²) in [6.07, 6.45) is 0.727. The van der Waals surface area contributed by atoms with E-state index in [1.165, 1.54) is 0 Å². The summed E-state index contributed by atoms with van der Waals surface area (Å²) in [7, 11) is 3.48. The fraction of sp³-hybridized carbons (Fsp3) is 0.500. The average molecular weight is 290 g/mol. The van der Waals surface area contributed by atoms with Crippen molar-refractivity contribution in [3.63, 3.8) is 0 Å². The maximum Gasteiger partial charge on any atom is 0.290 e. The third-order valence-corrected chi connectivity index (χ3v) is 3.79. The van der Waals surface area contributed by atoms with Crippen LogP contribution in [0.4, 0.5) is 0 Å². The van der Waals surface area contributed by atoms with Gasteiger partial charge in [-0.3, -0.25) is 9.48 Å². The van der Waals surface area contributed by atoms with E-state index >= 15 is 0 Å². The van der Waals surface area contributed by atoms with Crippen molar-refractivity contribution >= 4 is 5.91 Å². The minimum atomic E-state index is -0.231. The van der Waals surface area contributed by atoms with E-state index in [0.29, 0.717) is 18.9 Å². The van der Waals surface area contributed by atoms with E-state index in [9.17, 15) is 4.79 Å². The summed E-state index contributed by atoms with van der Waals surface area (Å²) in [6, 6.07) is 3.26. The molecule has 0 spiro atoms. The Morgan fingerprint density at radius 2 is 2.33 bits per heavy atom. The molecule has 0 saturated carbocycles. The van der Waals surface area contributed by atoms with Crippen LogP contribution in [0.3, 0.4) is 0 Å². The lowest BCUT2D eigenvalue weighted by Gasteiger charge is -2.33. The average Bonchev–Trinajstić information content (AvgIpc) is 3.06. The molecule has 0 aromatic carbocycles. The number of aryl methyl sites for hydroxylation is 2. The van der Waals surface area contributed by atoms with E-state index in [-0.39, 0.29) is 11.9 Å². The van der Waals surface area contributed by atoms with Crippen molar-refractivity contribution < 1.29 is 13.9 Å². The van der Waals surface area contributed by atoms with Crippen LogP contribution in [0.5, 0.6) is 0 Å². The van der Waals surface area contributed by atoms with Crippen LogP contribution in [0, 0.1) is 6.92 Å². The first-order chi connectivity index (χ1) is 10.1. The van der Waals surface area contributed by atoms with Gasteiger partial charge in [-0.2, -0.15) is 0 Å². The first-order valence-electron chi connectivity index (χ1n) is 6.86. The Hall–Kier alpha value is -2.15. The second-order valence-corrected chi connectivity index (χ2v) is 5.17. The molecule has 7 heteroatoms. The first kappa shape index (κ1) is 13.8. The van der Waals surface area contributed by atoms with Crippen LogP contribution < -0.4 is 0 Å². The standard InChI is InChI=1S/C14H18N4O3/c1-9-4-5-12(21-9)14(19)18-7-6-10-13(11(18)8-20-3)15-16-17(10)2/h4-5,11H,6-8H2,1-3H3/t11-/m0/s1. The molecular weight excluding hydrogens is 272 g/mol. The number of nitrogens with zero attached hydrogens (tertiary/aromatic N) is 4. The third-order valence-electron chi connectivity index (χ3n) is 3.79. The smallest absolute Gasteiger partial charge is 0.290 e. The maximum atomic E-state index is 12.6. The highest BCUT2D eigenvalue weighted by molar-refractivity contribution is 5.92. The quantitative estimate of drug-likeness (QED) is 0.846. The lowest BCUT2D eigenvalue weighted by molar-refractivity contribution is 0.0461. The van der Waals surface area contributed by atoms with Crippen molar-refractivity contribution in [2.75, 3.05) is 20.3 Å². The summed E-state index contributed by atoms with van der Waals surface area (Å²) < 4.78 is 12.5. The number of furan rings is 1. The van der Waals surface area contributed by atoms with E-state index in [2.05, 4.69) is 10.3 Å². The number of fused-ring (bicyclic) bond motifs is 1. The van der Waals surface area contributed by atoms with Crippen LogP contribution in [0.15, 0.2) is 16.5 Å². The summed E-state index contributed by atoms with van der Waals surface area (Å²) in [5, 5.41) is 8.25. The van der Waals surface area contributed by atoms with Gasteiger partial charge in [-0.05, 0) is 19.1 Å². The van der Waals surface area contributed by atoms with Crippen molar-refractivity contribution in [2.24, 2.45) is 7.05 Å². The van der Waals surface area contributed by atoms with Crippen molar-refractivity contribution in [3.05, 3.63) is 35.0 Å². The van der Waals surface area contributed by atoms with E-state index < -0.39 is 0 Å². The first-order valence-corrected chi connectivity index (χ1v) is 6.86. The molecule has 1 atom stereocenters. The molecule has 1 aliphatic rings. The molecule has 3 rings (SSSR count). The summed E-state index contributed by atoms with van der Waals surface area (Å²) in [6.45, 7) is 2.80. The Balaban J connectivity index is 1.93. The van der Waals surface area contributed by atoms with Crippen molar-refractivity contribution in [2.45, 2.75) is 19.4 Å². The number of carbonyl (C=O) groups is 1. The number of aromatic nitrogens is 3. The van der Waals surface area contributed by atoms with Crippen LogP contribution in [0.2, 0.25) is 0 Å². The molecule has 0 saturated heterocycles. The molecule has 21 heavy (non-hydrogen) atoms. The Kier molecular flexibility index (Phi) is 3.50. The molecule has 1 amide bonds. The predicted molar refractivity (Wildman–Crippen MR) is 73.8 cm³/mol. The number of amides is 1. The molecule has 0 radical (unpaired) electrons. The molecular formula is C14H18N4O3. The second kappa shape index (κ2) is 5.33. The van der Waals surface area contributed by atoms with Gasteiger partial charge in [0.25, 0.3) is 5.91 Å². The van der Waals surface area contributed by atoms with Gasteiger partial charge in [0.05, 0.1) is 12.3 Å². The third kappa shape index (κ3) is 2.33. The van der Waals surface area contributed by atoms with Gasteiger partial charge in [0.15, 0.2) is 5.76 Å². The number of methoxy groups -OCH3 is 1. The monoisotopic (exact) mass is 290 g/mol. The lowest BCUT2D eigenvalue weighted by atomic mass is 10.0. The highest BCUT2D eigenvalue weighted by Crippen LogP contribution is 2.29. The molecule has 0 aliphatic carbocycles. The molecule has 0 fully saturated rings. The molecule has 0 unspecified atom stereocenters. The Morgan fingerprint density at radius 3 is 3.00 bits per heavy atom. The van der Waals surface area contributed by atoms with Gasteiger partial charge in [-0.25, -0.2) is 0 Å². The summed E-state index contributed by atoms with van der Waals surface area (Å²) >= 11 is 0. The molecule has 2 aromatic heterocycles. The largest absolute Gasteiger partial charge is 0.456 e. The number of rotatable bonds is 3. The summed E-state index contributed by atoms with van der Waals surface area (Å²) in [5.74, 6) is 0.932. The summed E-state index contributed by atoms with van der Waals surface area (Å²) in [5.41, 5.74) is 1.86. The van der Waals surface area contributed by atoms with Crippen molar-refractivity contribution in [1.82, 2.24) is 19.9 Å². The van der Waals surface area contributed by atoms with E-state index in [1.54, 1.807) is 28.8 Å². The minimum Gasteiger partial charge on any atom is -0.456 e. The van der Waals surface area contributed by atoms with E-state index in [1.807, 2.05) is 14.0 Å². The van der Waals surface area contributed by atoms with E-state index in [4.69, 9.17) is 9.15 Å². The van der Waals surface area contributed by atoms with Gasteiger partial charge in [0.1, 0.15) is 17.5 Å². The van der Waals surface area contributed by atoms with Crippen LogP contribution in [-0.2, 0) is 18.2 Å². The maximum absolute atomic E-state index is 12.6. The zero-order valence-electron chi connectivity index (χ0n) is 12.4. The Bertz CT molecular complexity index is 661. The van der Waals surface area contributed by atoms with Crippen LogP contribution in [0.1, 0.15) is 33.7 Å². The molecule has 3 heterocycles. The predicted octanol–water partition coefficient (Wildman–Crippen LogP) is 1.10. The van der Waals surface area contributed by atoms with E-state index in [0.717, 1.165) is 23.6 Å². The minimum absolute atomic E-state index is 0.138. The van der Waals surface area contributed by atoms with Gasteiger partial charge in [-0.1, -0.05) is 5.21 Å².